The molecule has 0 unspecified atom stereocenters. The van der Waals surface area contributed by atoms with Gasteiger partial charge in [0.2, 0.25) is 0 Å². The maximum Gasteiger partial charge on any atom is 0.164 e. The molecule has 4 heterocycles. The number of nitrogens with zero attached hydrogens (tertiary/aromatic N) is 9. The van der Waals surface area contributed by atoms with Crippen molar-refractivity contribution in [2.24, 2.45) is 0 Å². The molecule has 3 aliphatic rings. The summed E-state index contributed by atoms with van der Waals surface area (Å²) in [7, 11) is 0. The van der Waals surface area contributed by atoms with Crippen LogP contribution in [0.1, 0.15) is 116 Å². The van der Waals surface area contributed by atoms with Crippen LogP contribution in [0.15, 0.2) is 411 Å². The molecule has 0 radical (unpaired) electrons. The Morgan fingerprint density at radius 3 is 0.839 bits per heavy atom. The number of rotatable bonds is 9. The number of para-hydroxylation sites is 1. The van der Waals surface area contributed by atoms with Crippen LogP contribution in [0.2, 0.25) is 0 Å². The zero-order valence-electron chi connectivity index (χ0n) is 82.1. The van der Waals surface area contributed by atoms with E-state index in [1.54, 1.807) is 0 Å². The summed E-state index contributed by atoms with van der Waals surface area (Å²) in [6.07, 6.45) is 0. The molecule has 4 aromatic heterocycles. The minimum Gasteiger partial charge on any atom is -0.456 e. The third-order valence-corrected chi connectivity index (χ3v) is 32.8. The average molecular weight is 1840 g/mol. The molecule has 0 saturated carbocycles. The van der Waals surface area contributed by atoms with Gasteiger partial charge in [-0.2, -0.15) is 0 Å². The highest BCUT2D eigenvalue weighted by Gasteiger charge is 2.49. The molecule has 10 nitrogen and oxygen atoms in total. The molecule has 0 fully saturated rings. The van der Waals surface area contributed by atoms with Crippen LogP contribution >= 0.6 is 0 Å². The molecular formula is C133H103N9O. The Morgan fingerprint density at radius 2 is 0.413 bits per heavy atom. The van der Waals surface area contributed by atoms with Gasteiger partial charge in [-0.3, -0.25) is 0 Å². The van der Waals surface area contributed by atoms with Gasteiger partial charge in [-0.15, -0.1) is 0 Å². The number of hydrogen-bond donors (Lipinski definition) is 0. The Kier molecular flexibility index (Phi) is 20.4. The second-order valence-electron chi connectivity index (χ2n) is 41.9. The van der Waals surface area contributed by atoms with Crippen LogP contribution in [0.5, 0.6) is 0 Å². The van der Waals surface area contributed by atoms with Crippen molar-refractivity contribution in [1.29, 1.82) is 0 Å². The zero-order chi connectivity index (χ0) is 97.2. The predicted octanol–water partition coefficient (Wildman–Crippen LogP) is 34.3. The van der Waals surface area contributed by atoms with E-state index in [2.05, 4.69) is 356 Å². The van der Waals surface area contributed by atoms with Crippen LogP contribution in [0.3, 0.4) is 0 Å². The van der Waals surface area contributed by atoms with Crippen molar-refractivity contribution in [3.63, 3.8) is 0 Å². The molecule has 24 aromatic rings. The van der Waals surface area contributed by atoms with E-state index in [1.165, 1.54) is 131 Å². The van der Waals surface area contributed by atoms with Gasteiger partial charge >= 0.3 is 0 Å². The van der Waals surface area contributed by atoms with Gasteiger partial charge in [0.25, 0.3) is 0 Å². The lowest BCUT2D eigenvalue weighted by Crippen LogP contribution is -2.43. The van der Waals surface area contributed by atoms with Gasteiger partial charge in [0.05, 0.1) is 0 Å². The first kappa shape index (κ1) is 87.5. The van der Waals surface area contributed by atoms with Gasteiger partial charge in [-0.1, -0.05) is 453 Å². The number of hydrogen-bond acceptors (Lipinski definition) is 10. The molecule has 0 aliphatic heterocycles. The molecule has 3 aliphatic carbocycles. The maximum absolute atomic E-state index is 6.25. The van der Waals surface area contributed by atoms with Crippen LogP contribution < -0.4 is 0 Å². The normalized spacial score (nSPS) is 14.6. The van der Waals surface area contributed by atoms with E-state index in [4.69, 9.17) is 49.3 Å². The van der Waals surface area contributed by atoms with Crippen molar-refractivity contribution in [1.82, 2.24) is 44.9 Å². The first-order valence-corrected chi connectivity index (χ1v) is 49.6. The zero-order valence-corrected chi connectivity index (χ0v) is 82.1. The van der Waals surface area contributed by atoms with E-state index in [-0.39, 0.29) is 32.5 Å². The summed E-state index contributed by atoms with van der Waals surface area (Å²) in [6.45, 7) is 28.7. The Bertz CT molecular complexity index is 9280. The highest BCUT2D eigenvalue weighted by Crippen LogP contribution is 2.60. The molecule has 0 saturated heterocycles. The smallest absolute Gasteiger partial charge is 0.164 e. The first-order chi connectivity index (χ1) is 69.4. The summed E-state index contributed by atoms with van der Waals surface area (Å²) in [5, 5.41) is 19.2. The van der Waals surface area contributed by atoms with Gasteiger partial charge in [-0.05, 0) is 211 Å². The lowest BCUT2D eigenvalue weighted by atomic mass is 9.55. The summed E-state index contributed by atoms with van der Waals surface area (Å²) in [4.78, 5) is 45.3. The first-order valence-electron chi connectivity index (χ1n) is 49.6. The Balaban J connectivity index is 0.000000113. The fourth-order valence-corrected chi connectivity index (χ4v) is 22.9. The molecule has 10 heteroatoms. The van der Waals surface area contributed by atoms with Crippen molar-refractivity contribution in [3.8, 4) is 136 Å². The Morgan fingerprint density at radius 1 is 0.147 bits per heavy atom. The third-order valence-electron chi connectivity index (χ3n) is 32.8. The lowest BCUT2D eigenvalue weighted by Gasteiger charge is -2.48. The second-order valence-corrected chi connectivity index (χ2v) is 41.9. The minimum atomic E-state index is -0.0534. The molecule has 143 heavy (non-hydrogen) atoms. The van der Waals surface area contributed by atoms with Crippen molar-refractivity contribution in [2.45, 2.75) is 116 Å². The van der Waals surface area contributed by atoms with Gasteiger partial charge in [0.15, 0.2) is 52.4 Å². The number of benzene rings is 20. The fourth-order valence-electron chi connectivity index (χ4n) is 22.9. The van der Waals surface area contributed by atoms with Crippen LogP contribution in [0.25, 0.3) is 233 Å². The van der Waals surface area contributed by atoms with E-state index in [0.717, 1.165) is 82.8 Å². The monoisotopic (exact) mass is 1840 g/mol. The molecule has 20 aromatic carbocycles. The second kappa shape index (κ2) is 33.4. The quantitative estimate of drug-likeness (QED) is 0.129. The summed E-state index contributed by atoms with van der Waals surface area (Å²) in [5.41, 5.74) is 26.6. The van der Waals surface area contributed by atoms with E-state index in [0.29, 0.717) is 52.4 Å². The number of fused-ring (bicyclic) bond motifs is 25. The topological polar surface area (TPSA) is 129 Å². The SMILES string of the molecule is CC1(C)c2ccccc2-c2c(ccc3c2ccc2c(-c4nc(-c5ccccc5)nc(-c5ccc6ccccc6c5)n4)cccc23)C1(C)C.CC1(C)c2ccccc2-c2c(ccc3c2ccc2ccc(-c4nc(-c5ccccc5)nc(-c5ccc6c(c5)oc5ccccc56)n4)cc23)C1(C)C.CC1(C)c2ccccc2-c2c(ccc3c2ccc2ccc(-c4nc(-c5ccccc5)nc(-c5ccccc5)n4)cc23)C1(C)C. The van der Waals surface area contributed by atoms with Gasteiger partial charge < -0.3 is 4.42 Å². The molecule has 686 valence electrons. The third kappa shape index (κ3) is 14.2. The van der Waals surface area contributed by atoms with E-state index >= 15 is 0 Å². The van der Waals surface area contributed by atoms with Gasteiger partial charge in [-0.25, -0.2) is 44.9 Å². The lowest BCUT2D eigenvalue weighted by molar-refractivity contribution is 0.299. The predicted molar refractivity (Wildman–Crippen MR) is 593 cm³/mol. The number of aromatic nitrogens is 9. The maximum atomic E-state index is 6.25. The van der Waals surface area contributed by atoms with Gasteiger partial charge in [0, 0.05) is 60.8 Å². The Hall–Kier alpha value is -17.0. The minimum absolute atomic E-state index is 0.000106. The summed E-state index contributed by atoms with van der Waals surface area (Å²) in [6, 6.07) is 144. The largest absolute Gasteiger partial charge is 0.456 e. The molecule has 0 spiro atoms. The van der Waals surface area contributed by atoms with Gasteiger partial charge in [0.1, 0.15) is 11.2 Å². The summed E-state index contributed by atoms with van der Waals surface area (Å²) >= 11 is 0. The van der Waals surface area contributed by atoms with Crippen LogP contribution in [0, 0.1) is 0 Å². The van der Waals surface area contributed by atoms with E-state index < -0.39 is 0 Å². The molecule has 27 rings (SSSR count). The van der Waals surface area contributed by atoms with Crippen molar-refractivity contribution >= 4 is 97.3 Å². The summed E-state index contributed by atoms with van der Waals surface area (Å²) < 4.78 is 6.25. The molecule has 0 bridgehead atoms. The van der Waals surface area contributed by atoms with Crippen LogP contribution in [-0.2, 0) is 32.5 Å². The van der Waals surface area contributed by atoms with E-state index in [9.17, 15) is 0 Å². The van der Waals surface area contributed by atoms with Crippen molar-refractivity contribution in [3.05, 3.63) is 440 Å². The molecule has 0 N–H and O–H groups in total. The molecule has 0 amide bonds. The molecular weight excluding hydrogens is 1740 g/mol. The summed E-state index contributed by atoms with van der Waals surface area (Å²) in [5.74, 6) is 5.88. The standard InChI is InChI=1S/C47H35N3O.C45H35N3.C41H33N3/c1-46(2)38-16-10-8-15-36(38)42-35-23-20-28-18-19-30(26-37(28)32(35)24-25-39(42)47(46,3)4)44-48-43(29-12-6-5-7-13-29)49-45(50-44)31-21-22-34-33-14-9-11-17-40(33)51-41(34)27-31;1-44(2)38-20-11-10-17-37(38)40-35-24-23-34-32(33(35)25-26-39(40)45(44,3)4)18-12-19-36(34)43-47-41(29-14-6-5-7-15-29)46-42(48-43)31-22-21-28-13-8-9-16-30(28)27-31;1-40(2)34-18-12-11-17-32(34)36-31-22-21-26-19-20-29(25-33(26)30(31)23-24-35(36)41(40,3)4)39-43-37(27-13-7-5-8-14-27)42-38(44-39)28-15-9-6-10-16-28/h5-27H,1-4H3;5-27H,1-4H3;5-25H,1-4H3. The number of furan rings is 1. The fraction of sp³-hybridized carbons (Fsp3) is 0.135. The van der Waals surface area contributed by atoms with E-state index in [1.807, 2.05) is 133 Å². The highest BCUT2D eigenvalue weighted by atomic mass is 16.3. The average Bonchev–Trinajstić information content (AvgIpc) is 1.11. The molecule has 0 atom stereocenters. The van der Waals surface area contributed by atoms with Crippen LogP contribution in [0.4, 0.5) is 0 Å². The Labute approximate surface area is 832 Å². The van der Waals surface area contributed by atoms with Crippen molar-refractivity contribution < 1.29 is 4.42 Å². The highest BCUT2D eigenvalue weighted by molar-refractivity contribution is 6.19. The van der Waals surface area contributed by atoms with Crippen molar-refractivity contribution in [2.75, 3.05) is 0 Å². The van der Waals surface area contributed by atoms with Crippen LogP contribution in [-0.4, -0.2) is 44.9 Å².